The summed E-state index contributed by atoms with van der Waals surface area (Å²) in [7, 11) is -3.05. The molecule has 1 unspecified atom stereocenters. The Morgan fingerprint density at radius 1 is 1.29 bits per heavy atom. The molecule has 21 heavy (non-hydrogen) atoms. The third kappa shape index (κ3) is 3.52. The number of amides is 3. The molecule has 2 N–H and O–H groups in total. The zero-order valence-corrected chi connectivity index (χ0v) is 12.6. The van der Waals surface area contributed by atoms with Crippen molar-refractivity contribution in [1.82, 2.24) is 15.8 Å². The predicted molar refractivity (Wildman–Crippen MR) is 73.5 cm³/mol. The molecule has 2 fully saturated rings. The molecule has 0 aromatic heterocycles. The second-order valence-corrected chi connectivity index (χ2v) is 7.54. The van der Waals surface area contributed by atoms with E-state index >= 15 is 0 Å². The van der Waals surface area contributed by atoms with Crippen molar-refractivity contribution in [3.8, 4) is 0 Å². The van der Waals surface area contributed by atoms with Crippen LogP contribution in [0.1, 0.15) is 26.2 Å². The van der Waals surface area contributed by atoms with Gasteiger partial charge in [0.25, 0.3) is 11.8 Å². The number of carbonyl (C=O) groups is 3. The number of hydrogen-bond donors (Lipinski definition) is 2. The lowest BCUT2D eigenvalue weighted by Gasteiger charge is -2.27. The van der Waals surface area contributed by atoms with Crippen molar-refractivity contribution in [3.05, 3.63) is 0 Å². The molecule has 3 amide bonds. The smallest absolute Gasteiger partial charge is 0.251 e. The Hall–Kier alpha value is -1.64. The molecule has 2 aliphatic rings. The topological polar surface area (TPSA) is 113 Å². The van der Waals surface area contributed by atoms with Crippen molar-refractivity contribution in [2.45, 2.75) is 32.2 Å². The summed E-state index contributed by atoms with van der Waals surface area (Å²) in [5.41, 5.74) is 4.42. The average Bonchev–Trinajstić information content (AvgIpc) is 2.92. The second-order valence-electron chi connectivity index (χ2n) is 5.31. The molecule has 0 aliphatic carbocycles. The van der Waals surface area contributed by atoms with Gasteiger partial charge in [0.1, 0.15) is 5.92 Å². The van der Waals surface area contributed by atoms with Gasteiger partial charge < -0.3 is 4.90 Å². The minimum absolute atomic E-state index is 0.00300. The van der Waals surface area contributed by atoms with Crippen LogP contribution in [0, 0.1) is 5.92 Å². The summed E-state index contributed by atoms with van der Waals surface area (Å²) in [6.45, 7) is 2.21. The number of hydrogen-bond acceptors (Lipinski definition) is 5. The van der Waals surface area contributed by atoms with Crippen LogP contribution in [-0.2, 0) is 24.2 Å². The van der Waals surface area contributed by atoms with Gasteiger partial charge in [-0.1, -0.05) is 0 Å². The van der Waals surface area contributed by atoms with Crippen molar-refractivity contribution >= 4 is 27.6 Å². The van der Waals surface area contributed by atoms with E-state index in [0.29, 0.717) is 13.0 Å². The zero-order chi connectivity index (χ0) is 15.6. The van der Waals surface area contributed by atoms with Gasteiger partial charge in [0.2, 0.25) is 5.91 Å². The Morgan fingerprint density at radius 2 is 1.90 bits per heavy atom. The van der Waals surface area contributed by atoms with Crippen LogP contribution in [0.15, 0.2) is 0 Å². The summed E-state index contributed by atoms with van der Waals surface area (Å²) in [5.74, 6) is -1.82. The molecule has 8 nitrogen and oxygen atoms in total. The van der Waals surface area contributed by atoms with Crippen LogP contribution in [0.4, 0.5) is 0 Å². The SMILES string of the molecule is CCN(C(=O)CCC1C(=O)NNC1=O)C1CCS(=O)(=O)C1. The number of nitrogens with one attached hydrogen (secondary N) is 2. The maximum Gasteiger partial charge on any atom is 0.251 e. The van der Waals surface area contributed by atoms with Crippen LogP contribution < -0.4 is 10.9 Å². The molecular weight excluding hydrogens is 298 g/mol. The molecule has 1 atom stereocenters. The fourth-order valence-corrected chi connectivity index (χ4v) is 4.48. The predicted octanol–water partition coefficient (Wildman–Crippen LogP) is -1.42. The second kappa shape index (κ2) is 6.00. The van der Waals surface area contributed by atoms with Gasteiger partial charge in [-0.2, -0.15) is 0 Å². The number of rotatable bonds is 5. The molecule has 0 spiro atoms. The standard InChI is InChI=1S/C12H19N3O5S/c1-2-15(8-5-6-21(19,20)7-8)10(16)4-3-9-11(17)13-14-12(9)18/h8-9H,2-7H2,1H3,(H,13,17)(H,14,18). The largest absolute Gasteiger partial charge is 0.339 e. The van der Waals surface area contributed by atoms with Crippen LogP contribution in [0.2, 0.25) is 0 Å². The molecule has 118 valence electrons. The highest BCUT2D eigenvalue weighted by atomic mass is 32.2. The summed E-state index contributed by atoms with van der Waals surface area (Å²) in [5, 5.41) is 0. The third-order valence-corrected chi connectivity index (χ3v) is 5.65. The Kier molecular flexibility index (Phi) is 4.50. The first-order chi connectivity index (χ1) is 9.84. The third-order valence-electron chi connectivity index (χ3n) is 3.90. The van der Waals surface area contributed by atoms with Gasteiger partial charge in [-0.3, -0.25) is 25.2 Å². The normalized spacial score (nSPS) is 24.7. The van der Waals surface area contributed by atoms with Crippen molar-refractivity contribution in [3.63, 3.8) is 0 Å². The van der Waals surface area contributed by atoms with Crippen molar-refractivity contribution in [2.24, 2.45) is 5.92 Å². The van der Waals surface area contributed by atoms with Gasteiger partial charge in [-0.15, -0.1) is 0 Å². The summed E-state index contributed by atoms with van der Waals surface area (Å²) < 4.78 is 23.0. The van der Waals surface area contributed by atoms with E-state index in [4.69, 9.17) is 0 Å². The van der Waals surface area contributed by atoms with E-state index in [0.717, 1.165) is 0 Å². The lowest BCUT2D eigenvalue weighted by molar-refractivity contribution is -0.133. The van der Waals surface area contributed by atoms with Gasteiger partial charge in [0.05, 0.1) is 11.5 Å². The Balaban J connectivity index is 1.92. The van der Waals surface area contributed by atoms with Crippen LogP contribution in [-0.4, -0.2) is 55.1 Å². The Morgan fingerprint density at radius 3 is 2.38 bits per heavy atom. The highest BCUT2D eigenvalue weighted by molar-refractivity contribution is 7.91. The van der Waals surface area contributed by atoms with Gasteiger partial charge in [-0.25, -0.2) is 8.42 Å². The van der Waals surface area contributed by atoms with E-state index in [9.17, 15) is 22.8 Å². The Bertz CT molecular complexity index is 543. The van der Waals surface area contributed by atoms with Crippen LogP contribution in [0.5, 0.6) is 0 Å². The summed E-state index contributed by atoms with van der Waals surface area (Å²) in [6.07, 6.45) is 0.634. The molecule has 0 aromatic rings. The maximum atomic E-state index is 12.2. The molecule has 0 radical (unpaired) electrons. The molecule has 0 saturated carbocycles. The van der Waals surface area contributed by atoms with E-state index in [1.165, 1.54) is 4.90 Å². The molecule has 2 rings (SSSR count). The summed E-state index contributed by atoms with van der Waals surface area (Å²) in [4.78, 5) is 36.5. The first-order valence-electron chi connectivity index (χ1n) is 6.93. The maximum absolute atomic E-state index is 12.2. The highest BCUT2D eigenvalue weighted by Crippen LogP contribution is 2.20. The number of hydrazine groups is 1. The highest BCUT2D eigenvalue weighted by Gasteiger charge is 2.36. The van der Waals surface area contributed by atoms with Crippen molar-refractivity contribution < 1.29 is 22.8 Å². The first kappa shape index (κ1) is 15.7. The minimum atomic E-state index is -3.05. The summed E-state index contributed by atoms with van der Waals surface area (Å²) >= 11 is 0. The average molecular weight is 317 g/mol. The molecule has 0 bridgehead atoms. The van der Waals surface area contributed by atoms with E-state index in [2.05, 4.69) is 10.9 Å². The molecule has 2 heterocycles. The van der Waals surface area contributed by atoms with E-state index in [-0.39, 0.29) is 36.3 Å². The number of nitrogens with zero attached hydrogens (tertiary/aromatic N) is 1. The van der Waals surface area contributed by atoms with Crippen molar-refractivity contribution in [2.75, 3.05) is 18.1 Å². The lowest BCUT2D eigenvalue weighted by Crippen LogP contribution is -2.41. The van der Waals surface area contributed by atoms with E-state index in [1.54, 1.807) is 6.92 Å². The fraction of sp³-hybridized carbons (Fsp3) is 0.750. The lowest BCUT2D eigenvalue weighted by atomic mass is 10.0. The molecule has 9 heteroatoms. The van der Waals surface area contributed by atoms with Gasteiger partial charge in [0.15, 0.2) is 9.84 Å². The fourth-order valence-electron chi connectivity index (χ4n) is 2.75. The number of sulfone groups is 1. The quantitative estimate of drug-likeness (QED) is 0.604. The van der Waals surface area contributed by atoms with Gasteiger partial charge in [-0.05, 0) is 19.8 Å². The molecule has 0 aromatic carbocycles. The molecule has 2 saturated heterocycles. The molecule has 2 aliphatic heterocycles. The Labute approximate surface area is 123 Å². The monoisotopic (exact) mass is 317 g/mol. The minimum Gasteiger partial charge on any atom is -0.339 e. The molecular formula is C12H19N3O5S. The van der Waals surface area contributed by atoms with E-state index in [1.807, 2.05) is 0 Å². The van der Waals surface area contributed by atoms with Crippen molar-refractivity contribution in [1.29, 1.82) is 0 Å². The summed E-state index contributed by atoms with van der Waals surface area (Å²) in [6, 6.07) is -0.293. The van der Waals surface area contributed by atoms with Gasteiger partial charge in [0, 0.05) is 19.0 Å². The van der Waals surface area contributed by atoms with Gasteiger partial charge >= 0.3 is 0 Å². The zero-order valence-electron chi connectivity index (χ0n) is 11.8. The van der Waals surface area contributed by atoms with Crippen LogP contribution in [0.25, 0.3) is 0 Å². The number of carbonyl (C=O) groups excluding carboxylic acids is 3. The van der Waals surface area contributed by atoms with Crippen LogP contribution >= 0.6 is 0 Å². The van der Waals surface area contributed by atoms with Crippen LogP contribution in [0.3, 0.4) is 0 Å². The van der Waals surface area contributed by atoms with E-state index < -0.39 is 27.6 Å². The first-order valence-corrected chi connectivity index (χ1v) is 8.76.